The summed E-state index contributed by atoms with van der Waals surface area (Å²) >= 11 is 0. The van der Waals surface area contributed by atoms with E-state index in [9.17, 15) is 9.90 Å². The fourth-order valence-corrected chi connectivity index (χ4v) is 3.31. The maximum absolute atomic E-state index is 12.2. The number of aromatic nitrogens is 2. The van der Waals surface area contributed by atoms with Gasteiger partial charge in [-0.2, -0.15) is 0 Å². The molecule has 1 aromatic rings. The van der Waals surface area contributed by atoms with Gasteiger partial charge in [-0.15, -0.1) is 0 Å². The van der Waals surface area contributed by atoms with Crippen LogP contribution in [0.2, 0.25) is 0 Å². The summed E-state index contributed by atoms with van der Waals surface area (Å²) in [5, 5.41) is 13.1. The molecule has 110 valence electrons. The molecule has 0 aromatic carbocycles. The van der Waals surface area contributed by atoms with Gasteiger partial charge in [0.15, 0.2) is 5.78 Å². The number of fused-ring (bicyclic) bond motifs is 1. The number of nitrogens with one attached hydrogen (secondary N) is 1. The Balaban J connectivity index is 1.60. The summed E-state index contributed by atoms with van der Waals surface area (Å²) < 4.78 is 2.01. The maximum atomic E-state index is 12.2. The monoisotopic (exact) mass is 277 g/mol. The lowest BCUT2D eigenvalue weighted by Crippen LogP contribution is -2.46. The zero-order valence-corrected chi connectivity index (χ0v) is 11.8. The molecule has 1 saturated heterocycles. The summed E-state index contributed by atoms with van der Waals surface area (Å²) in [4.78, 5) is 16.6. The smallest absolute Gasteiger partial charge is 0.154 e. The first-order chi connectivity index (χ1) is 9.74. The molecule has 3 rings (SSSR count). The number of rotatable bonds is 4. The molecule has 5 heteroatoms. The quantitative estimate of drug-likeness (QED) is 0.855. The molecule has 2 N–H and O–H groups in total. The molecule has 20 heavy (non-hydrogen) atoms. The summed E-state index contributed by atoms with van der Waals surface area (Å²) in [5.74, 6) is 0.175. The second-order valence-corrected chi connectivity index (χ2v) is 5.99. The van der Waals surface area contributed by atoms with E-state index in [2.05, 4.69) is 10.3 Å². The topological polar surface area (TPSA) is 67.2 Å². The van der Waals surface area contributed by atoms with E-state index in [1.54, 1.807) is 6.33 Å². The van der Waals surface area contributed by atoms with Crippen LogP contribution in [0.25, 0.3) is 0 Å². The van der Waals surface area contributed by atoms with Gasteiger partial charge in [-0.1, -0.05) is 0 Å². The molecular weight excluding hydrogens is 254 g/mol. The van der Waals surface area contributed by atoms with Gasteiger partial charge < -0.3 is 15.0 Å². The van der Waals surface area contributed by atoms with Gasteiger partial charge in [0.25, 0.3) is 0 Å². The lowest BCUT2D eigenvalue weighted by Gasteiger charge is -2.28. The van der Waals surface area contributed by atoms with Crippen LogP contribution >= 0.6 is 0 Å². The average Bonchev–Trinajstić information content (AvgIpc) is 2.85. The van der Waals surface area contributed by atoms with Crippen LogP contribution in [0.4, 0.5) is 0 Å². The Morgan fingerprint density at radius 2 is 2.25 bits per heavy atom. The second kappa shape index (κ2) is 6.06. The van der Waals surface area contributed by atoms with E-state index >= 15 is 0 Å². The van der Waals surface area contributed by atoms with Crippen molar-refractivity contribution in [3.05, 3.63) is 17.7 Å². The summed E-state index contributed by atoms with van der Waals surface area (Å²) in [5.41, 5.74) is 2.40. The number of hydrogen-bond acceptors (Lipinski definition) is 4. The molecule has 1 aliphatic carbocycles. The highest BCUT2D eigenvalue weighted by Crippen LogP contribution is 2.20. The number of hydrogen-bond donors (Lipinski definition) is 2. The van der Waals surface area contributed by atoms with Gasteiger partial charge in [-0.3, -0.25) is 4.79 Å². The number of Topliss-reactive ketones (excluding diaryl/α,β-unsaturated/α-hetero) is 1. The molecule has 0 saturated carbocycles. The third-order valence-electron chi connectivity index (χ3n) is 4.45. The Bertz CT molecular complexity index is 483. The Hall–Kier alpha value is -1.20. The van der Waals surface area contributed by atoms with Crippen molar-refractivity contribution >= 4 is 5.78 Å². The lowest BCUT2D eigenvalue weighted by molar-refractivity contribution is -0.121. The van der Waals surface area contributed by atoms with Crippen molar-refractivity contribution in [1.82, 2.24) is 14.9 Å². The summed E-state index contributed by atoms with van der Waals surface area (Å²) in [6.07, 6.45) is 8.08. The zero-order valence-electron chi connectivity index (χ0n) is 11.8. The molecule has 2 heterocycles. The minimum Gasteiger partial charge on any atom is -0.391 e. The van der Waals surface area contributed by atoms with E-state index in [1.807, 2.05) is 4.57 Å². The standard InChI is InChI=1S/C15H23N3O2/c19-11(8-13-15(20)6-3-7-16-13)9-18-10-17-12-4-1-2-5-14(12)18/h10,13,15-16,20H,1-9H2/t13-,15+/m1/s1. The highest BCUT2D eigenvalue weighted by Gasteiger charge is 2.25. The van der Waals surface area contributed by atoms with E-state index in [0.717, 1.165) is 32.2 Å². The van der Waals surface area contributed by atoms with Crippen molar-refractivity contribution < 1.29 is 9.90 Å². The normalized spacial score (nSPS) is 26.2. The fraction of sp³-hybridized carbons (Fsp3) is 0.733. The van der Waals surface area contributed by atoms with Crippen LogP contribution in [0, 0.1) is 0 Å². The number of aliphatic hydroxyl groups is 1. The van der Waals surface area contributed by atoms with E-state index in [1.165, 1.54) is 24.2 Å². The summed E-state index contributed by atoms with van der Waals surface area (Å²) in [6.45, 7) is 1.29. The lowest BCUT2D eigenvalue weighted by atomic mass is 9.96. The molecule has 0 unspecified atom stereocenters. The van der Waals surface area contributed by atoms with Crippen molar-refractivity contribution in [2.75, 3.05) is 6.54 Å². The maximum Gasteiger partial charge on any atom is 0.154 e. The number of imidazole rings is 1. The molecule has 2 atom stereocenters. The van der Waals surface area contributed by atoms with Crippen molar-refractivity contribution in [2.45, 2.75) is 63.6 Å². The predicted molar refractivity (Wildman–Crippen MR) is 75.5 cm³/mol. The van der Waals surface area contributed by atoms with Crippen LogP contribution in [-0.2, 0) is 24.2 Å². The average molecular weight is 277 g/mol. The Labute approximate surface area is 119 Å². The van der Waals surface area contributed by atoms with E-state index < -0.39 is 0 Å². The Morgan fingerprint density at radius 1 is 1.40 bits per heavy atom. The van der Waals surface area contributed by atoms with Crippen LogP contribution < -0.4 is 5.32 Å². The third kappa shape index (κ3) is 2.94. The van der Waals surface area contributed by atoms with Crippen LogP contribution in [0.5, 0.6) is 0 Å². The molecule has 2 aliphatic rings. The molecule has 0 bridgehead atoms. The largest absolute Gasteiger partial charge is 0.391 e. The van der Waals surface area contributed by atoms with Gasteiger partial charge in [0.1, 0.15) is 0 Å². The van der Waals surface area contributed by atoms with Gasteiger partial charge in [0, 0.05) is 18.2 Å². The zero-order chi connectivity index (χ0) is 13.9. The fourth-order valence-electron chi connectivity index (χ4n) is 3.31. The Morgan fingerprint density at radius 3 is 3.10 bits per heavy atom. The van der Waals surface area contributed by atoms with E-state index in [0.29, 0.717) is 13.0 Å². The minimum atomic E-state index is -0.385. The minimum absolute atomic E-state index is 0.0735. The van der Waals surface area contributed by atoms with Crippen molar-refractivity contribution in [1.29, 1.82) is 0 Å². The third-order valence-corrected chi connectivity index (χ3v) is 4.45. The number of aliphatic hydroxyl groups excluding tert-OH is 1. The molecule has 0 radical (unpaired) electrons. The van der Waals surface area contributed by atoms with Crippen LogP contribution in [0.15, 0.2) is 6.33 Å². The highest BCUT2D eigenvalue weighted by atomic mass is 16.3. The predicted octanol–water partition coefficient (Wildman–Crippen LogP) is 0.834. The van der Waals surface area contributed by atoms with Gasteiger partial charge in [-0.05, 0) is 45.1 Å². The highest BCUT2D eigenvalue weighted by molar-refractivity contribution is 5.79. The summed E-state index contributed by atoms with van der Waals surface area (Å²) in [6, 6.07) is -0.0735. The van der Waals surface area contributed by atoms with Crippen LogP contribution in [0.3, 0.4) is 0 Å². The molecule has 1 fully saturated rings. The Kier molecular flexibility index (Phi) is 4.17. The first-order valence-corrected chi connectivity index (χ1v) is 7.70. The van der Waals surface area contributed by atoms with Gasteiger partial charge in [-0.25, -0.2) is 4.98 Å². The number of nitrogens with zero attached hydrogens (tertiary/aromatic N) is 2. The van der Waals surface area contributed by atoms with Gasteiger partial charge >= 0.3 is 0 Å². The van der Waals surface area contributed by atoms with Crippen molar-refractivity contribution in [3.8, 4) is 0 Å². The van der Waals surface area contributed by atoms with E-state index in [-0.39, 0.29) is 17.9 Å². The SMILES string of the molecule is O=C(C[C@H]1NCCC[C@@H]1O)Cn1cnc2c1CCCC2. The second-order valence-electron chi connectivity index (χ2n) is 5.99. The van der Waals surface area contributed by atoms with Gasteiger partial charge in [0.2, 0.25) is 0 Å². The van der Waals surface area contributed by atoms with Crippen molar-refractivity contribution in [3.63, 3.8) is 0 Å². The molecular formula is C15H23N3O2. The molecule has 1 aliphatic heterocycles. The number of ketones is 1. The molecule has 1 aromatic heterocycles. The van der Waals surface area contributed by atoms with Crippen LogP contribution in [-0.4, -0.2) is 39.1 Å². The molecule has 0 amide bonds. The first-order valence-electron chi connectivity index (χ1n) is 7.70. The summed E-state index contributed by atoms with van der Waals surface area (Å²) in [7, 11) is 0. The number of carbonyl (C=O) groups is 1. The van der Waals surface area contributed by atoms with Crippen molar-refractivity contribution in [2.24, 2.45) is 0 Å². The number of carbonyl (C=O) groups excluding carboxylic acids is 1. The van der Waals surface area contributed by atoms with Gasteiger partial charge in [0.05, 0.1) is 24.7 Å². The van der Waals surface area contributed by atoms with Crippen LogP contribution in [0.1, 0.15) is 43.5 Å². The van der Waals surface area contributed by atoms with E-state index in [4.69, 9.17) is 0 Å². The molecule has 5 nitrogen and oxygen atoms in total. The number of aryl methyl sites for hydroxylation is 1. The first kappa shape index (κ1) is 13.8. The number of piperidine rings is 1. The molecule has 0 spiro atoms.